The van der Waals surface area contributed by atoms with Crippen LogP contribution in [0.3, 0.4) is 0 Å². The summed E-state index contributed by atoms with van der Waals surface area (Å²) in [7, 11) is -3.84. The molecule has 0 aromatic heterocycles. The van der Waals surface area contributed by atoms with Crippen LogP contribution < -0.4 is 15.4 Å². The molecule has 0 atom stereocenters. The van der Waals surface area contributed by atoms with E-state index < -0.39 is 21.7 Å². The molecule has 0 saturated heterocycles. The highest BCUT2D eigenvalue weighted by atomic mass is 35.5. The number of nitrogens with one attached hydrogen (secondary N) is 3. The minimum Gasteiger partial charge on any atom is -0.326 e. The molecule has 28 heavy (non-hydrogen) atoms. The van der Waals surface area contributed by atoms with Crippen molar-refractivity contribution < 1.29 is 22.4 Å². The SMILES string of the molecule is CC(=O)Nc1ccc(F)c(NC(=O)c2cc(S(=O)(=O)NC(C)C)ccc2Cl)c1. The van der Waals surface area contributed by atoms with Crippen molar-refractivity contribution in [3.05, 3.63) is 52.8 Å². The monoisotopic (exact) mass is 427 g/mol. The van der Waals surface area contributed by atoms with Gasteiger partial charge in [-0.05, 0) is 50.2 Å². The minimum atomic E-state index is -3.84. The molecule has 0 aliphatic carbocycles. The summed E-state index contributed by atoms with van der Waals surface area (Å²) in [5.41, 5.74) is -0.0498. The van der Waals surface area contributed by atoms with Gasteiger partial charge in [-0.1, -0.05) is 11.6 Å². The summed E-state index contributed by atoms with van der Waals surface area (Å²) in [4.78, 5) is 23.5. The van der Waals surface area contributed by atoms with Gasteiger partial charge in [0.2, 0.25) is 15.9 Å². The van der Waals surface area contributed by atoms with Crippen LogP contribution in [0.25, 0.3) is 0 Å². The van der Waals surface area contributed by atoms with Gasteiger partial charge in [0.05, 0.1) is 21.2 Å². The molecule has 2 rings (SSSR count). The molecule has 2 amide bonds. The van der Waals surface area contributed by atoms with Crippen LogP contribution in [-0.4, -0.2) is 26.3 Å². The van der Waals surface area contributed by atoms with E-state index >= 15 is 0 Å². The fourth-order valence-electron chi connectivity index (χ4n) is 2.32. The van der Waals surface area contributed by atoms with Crippen LogP contribution in [0.15, 0.2) is 41.3 Å². The molecule has 3 N–H and O–H groups in total. The van der Waals surface area contributed by atoms with Gasteiger partial charge in [0.1, 0.15) is 5.82 Å². The summed E-state index contributed by atoms with van der Waals surface area (Å²) in [5.74, 6) is -1.89. The van der Waals surface area contributed by atoms with Gasteiger partial charge in [-0.15, -0.1) is 0 Å². The topological polar surface area (TPSA) is 104 Å². The van der Waals surface area contributed by atoms with Crippen molar-refractivity contribution in [2.75, 3.05) is 10.6 Å². The van der Waals surface area contributed by atoms with Crippen LogP contribution in [0.4, 0.5) is 15.8 Å². The Hall–Kier alpha value is -2.49. The summed E-state index contributed by atoms with van der Waals surface area (Å²) in [5, 5.41) is 4.81. The zero-order valence-electron chi connectivity index (χ0n) is 15.3. The van der Waals surface area contributed by atoms with Crippen molar-refractivity contribution in [2.45, 2.75) is 31.7 Å². The molecule has 0 radical (unpaired) electrons. The third-order valence-electron chi connectivity index (χ3n) is 3.42. The van der Waals surface area contributed by atoms with Crippen LogP contribution in [0.5, 0.6) is 0 Å². The number of halogens is 2. The Bertz CT molecular complexity index is 1030. The standard InChI is InChI=1S/C18H19ClFN3O4S/c1-10(2)23-28(26,27)13-5-6-15(19)14(9-13)18(25)22-17-8-12(21-11(3)24)4-7-16(17)20/h4-10,23H,1-3H3,(H,21,24)(H,22,25). The molecule has 0 aliphatic rings. The second kappa shape index (κ2) is 8.68. The first-order valence-corrected chi connectivity index (χ1v) is 10.1. The van der Waals surface area contributed by atoms with Gasteiger partial charge in [0.25, 0.3) is 5.91 Å². The number of amides is 2. The lowest BCUT2D eigenvalue weighted by Crippen LogP contribution is -2.30. The highest BCUT2D eigenvalue weighted by Gasteiger charge is 2.20. The molecular formula is C18H19ClFN3O4S. The summed E-state index contributed by atoms with van der Waals surface area (Å²) in [6, 6.07) is 6.96. The average molecular weight is 428 g/mol. The Labute approximate surface area is 167 Å². The maximum atomic E-state index is 14.0. The van der Waals surface area contributed by atoms with E-state index in [-0.39, 0.29) is 38.8 Å². The summed E-state index contributed by atoms with van der Waals surface area (Å²) in [6.45, 7) is 4.61. The fraction of sp³-hybridized carbons (Fsp3) is 0.222. The largest absolute Gasteiger partial charge is 0.326 e. The first-order chi connectivity index (χ1) is 13.0. The van der Waals surface area contributed by atoms with E-state index in [9.17, 15) is 22.4 Å². The van der Waals surface area contributed by atoms with E-state index in [2.05, 4.69) is 15.4 Å². The number of carbonyl (C=O) groups excluding carboxylic acids is 2. The molecule has 2 aromatic rings. The molecule has 7 nitrogen and oxygen atoms in total. The van der Waals surface area contributed by atoms with Crippen molar-refractivity contribution in [1.29, 1.82) is 0 Å². The van der Waals surface area contributed by atoms with Crippen molar-refractivity contribution in [1.82, 2.24) is 4.72 Å². The molecule has 150 valence electrons. The van der Waals surface area contributed by atoms with E-state index in [1.165, 1.54) is 31.2 Å². The molecule has 0 saturated carbocycles. The molecule has 0 spiro atoms. The normalized spacial score (nSPS) is 11.4. The molecule has 0 bridgehead atoms. The third-order valence-corrected chi connectivity index (χ3v) is 5.40. The molecular weight excluding hydrogens is 409 g/mol. The Morgan fingerprint density at radius 1 is 1.07 bits per heavy atom. The van der Waals surface area contributed by atoms with E-state index in [1.54, 1.807) is 13.8 Å². The molecule has 0 heterocycles. The summed E-state index contributed by atoms with van der Waals surface area (Å²) in [6.07, 6.45) is 0. The van der Waals surface area contributed by atoms with Crippen LogP contribution >= 0.6 is 11.6 Å². The number of benzene rings is 2. The van der Waals surface area contributed by atoms with Gasteiger partial charge in [0.15, 0.2) is 0 Å². The first-order valence-electron chi connectivity index (χ1n) is 8.20. The van der Waals surface area contributed by atoms with E-state index in [1.807, 2.05) is 0 Å². The number of sulfonamides is 1. The highest BCUT2D eigenvalue weighted by Crippen LogP contribution is 2.24. The molecule has 10 heteroatoms. The zero-order valence-corrected chi connectivity index (χ0v) is 16.9. The Balaban J connectivity index is 2.35. The fourth-order valence-corrected chi connectivity index (χ4v) is 3.80. The lowest BCUT2D eigenvalue weighted by molar-refractivity contribution is -0.114. The van der Waals surface area contributed by atoms with Crippen molar-refractivity contribution in [3.63, 3.8) is 0 Å². The van der Waals surface area contributed by atoms with Gasteiger partial charge >= 0.3 is 0 Å². The van der Waals surface area contributed by atoms with Crippen molar-refractivity contribution in [3.8, 4) is 0 Å². The van der Waals surface area contributed by atoms with Crippen LogP contribution in [-0.2, 0) is 14.8 Å². The third kappa shape index (κ3) is 5.51. The summed E-state index contributed by atoms with van der Waals surface area (Å²) >= 11 is 6.03. The average Bonchev–Trinajstić information content (AvgIpc) is 2.56. The van der Waals surface area contributed by atoms with Crippen LogP contribution in [0, 0.1) is 5.82 Å². The summed E-state index contributed by atoms with van der Waals surface area (Å²) < 4.78 is 41.0. The number of rotatable bonds is 6. The zero-order chi connectivity index (χ0) is 21.1. The van der Waals surface area contributed by atoms with Crippen LogP contribution in [0.2, 0.25) is 5.02 Å². The molecule has 0 fully saturated rings. The smallest absolute Gasteiger partial charge is 0.257 e. The molecule has 0 aliphatic heterocycles. The van der Waals surface area contributed by atoms with Crippen LogP contribution in [0.1, 0.15) is 31.1 Å². The Morgan fingerprint density at radius 3 is 2.36 bits per heavy atom. The first kappa shape index (κ1) is 21.8. The quantitative estimate of drug-likeness (QED) is 0.657. The molecule has 0 unspecified atom stereocenters. The minimum absolute atomic E-state index is 0.000536. The second-order valence-corrected chi connectivity index (χ2v) is 8.37. The van der Waals surface area contributed by atoms with E-state index in [0.717, 1.165) is 12.1 Å². The van der Waals surface area contributed by atoms with E-state index in [0.29, 0.717) is 0 Å². The predicted molar refractivity (Wildman–Crippen MR) is 106 cm³/mol. The van der Waals surface area contributed by atoms with Gasteiger partial charge in [-0.2, -0.15) is 0 Å². The Morgan fingerprint density at radius 2 is 1.75 bits per heavy atom. The van der Waals surface area contributed by atoms with Gasteiger partial charge in [-0.3, -0.25) is 9.59 Å². The maximum absolute atomic E-state index is 14.0. The lowest BCUT2D eigenvalue weighted by atomic mass is 10.2. The van der Waals surface area contributed by atoms with Crippen molar-refractivity contribution in [2.24, 2.45) is 0 Å². The number of hydrogen-bond acceptors (Lipinski definition) is 4. The van der Waals surface area contributed by atoms with Gasteiger partial charge in [0, 0.05) is 18.7 Å². The van der Waals surface area contributed by atoms with Crippen molar-refractivity contribution >= 4 is 44.8 Å². The second-order valence-electron chi connectivity index (χ2n) is 6.25. The maximum Gasteiger partial charge on any atom is 0.257 e. The highest BCUT2D eigenvalue weighted by molar-refractivity contribution is 7.89. The van der Waals surface area contributed by atoms with Gasteiger partial charge in [-0.25, -0.2) is 17.5 Å². The van der Waals surface area contributed by atoms with Gasteiger partial charge < -0.3 is 10.6 Å². The number of hydrogen-bond donors (Lipinski definition) is 3. The Kier molecular flexibility index (Phi) is 6.76. The number of anilines is 2. The molecule has 2 aromatic carbocycles. The lowest BCUT2D eigenvalue weighted by Gasteiger charge is -2.13. The predicted octanol–water partition coefficient (Wildman–Crippen LogP) is 3.38. The van der Waals surface area contributed by atoms with E-state index in [4.69, 9.17) is 11.6 Å². The number of carbonyl (C=O) groups is 2.